The highest BCUT2D eigenvalue weighted by atomic mass is 16.5. The molecule has 0 aliphatic carbocycles. The van der Waals surface area contributed by atoms with Crippen molar-refractivity contribution in [2.24, 2.45) is 0 Å². The molecule has 18 heavy (non-hydrogen) atoms. The first-order valence-corrected chi connectivity index (χ1v) is 5.80. The zero-order valence-corrected chi connectivity index (χ0v) is 10.1. The molecule has 0 aliphatic heterocycles. The minimum Gasteiger partial charge on any atom is -0.465 e. The number of nitrogens with zero attached hydrogens (tertiary/aromatic N) is 1. The van der Waals surface area contributed by atoms with Crippen LogP contribution in [0.1, 0.15) is 0 Å². The molecule has 2 aromatic carbocycles. The van der Waals surface area contributed by atoms with Crippen LogP contribution in [-0.2, 0) is 0 Å². The Hall–Kier alpha value is -2.42. The lowest BCUT2D eigenvalue weighted by molar-refractivity contribution is -0.381. The fraction of sp³-hybridized carbons (Fsp3) is 0.0667. The summed E-state index contributed by atoms with van der Waals surface area (Å²) in [5.74, 6) is 1.55. The molecule has 1 heterocycles. The van der Waals surface area contributed by atoms with E-state index in [2.05, 4.69) is 9.97 Å². The van der Waals surface area contributed by atoms with Crippen LogP contribution in [0.4, 0.5) is 0 Å². The molecule has 3 heteroatoms. The van der Waals surface area contributed by atoms with Crippen molar-refractivity contribution in [1.82, 2.24) is 4.98 Å². The average molecular weight is 237 g/mol. The fourth-order valence-electron chi connectivity index (χ4n) is 1.98. The first-order valence-electron chi connectivity index (χ1n) is 5.80. The van der Waals surface area contributed by atoms with Gasteiger partial charge in [0, 0.05) is 0 Å². The second kappa shape index (κ2) is 4.45. The summed E-state index contributed by atoms with van der Waals surface area (Å²) in [5, 5.41) is 0.986. The van der Waals surface area contributed by atoms with E-state index in [0.29, 0.717) is 0 Å². The van der Waals surface area contributed by atoms with Gasteiger partial charge in [-0.25, -0.2) is 4.98 Å². The van der Waals surface area contributed by atoms with Gasteiger partial charge in [0.15, 0.2) is 5.52 Å². The Morgan fingerprint density at radius 3 is 2.44 bits per heavy atom. The van der Waals surface area contributed by atoms with Gasteiger partial charge < -0.3 is 4.74 Å². The summed E-state index contributed by atoms with van der Waals surface area (Å²) in [6, 6.07) is 17.9. The van der Waals surface area contributed by atoms with Gasteiger partial charge in [0.1, 0.15) is 5.39 Å². The van der Waals surface area contributed by atoms with E-state index in [9.17, 15) is 0 Å². The number of nitrogens with one attached hydrogen (secondary N) is 1. The molecule has 0 unspecified atom stereocenters. The molecule has 0 aliphatic rings. The van der Waals surface area contributed by atoms with Gasteiger partial charge in [0.05, 0.1) is 12.7 Å². The fourth-order valence-corrected chi connectivity index (χ4v) is 1.98. The molecular formula is C15H13N2O+. The number of ether oxygens (including phenoxy) is 1. The highest BCUT2D eigenvalue weighted by Gasteiger charge is 2.16. The van der Waals surface area contributed by atoms with Crippen molar-refractivity contribution in [2.75, 3.05) is 7.11 Å². The summed E-state index contributed by atoms with van der Waals surface area (Å²) in [6.07, 6.45) is 0. The molecule has 3 nitrogen and oxygen atoms in total. The van der Waals surface area contributed by atoms with Gasteiger partial charge in [-0.05, 0) is 29.2 Å². The molecule has 0 atom stereocenters. The number of aromatic amines is 1. The van der Waals surface area contributed by atoms with E-state index in [4.69, 9.17) is 4.74 Å². The summed E-state index contributed by atoms with van der Waals surface area (Å²) < 4.78 is 5.39. The molecule has 0 spiro atoms. The maximum absolute atomic E-state index is 5.39. The zero-order chi connectivity index (χ0) is 12.4. The molecule has 0 fully saturated rings. The van der Waals surface area contributed by atoms with E-state index < -0.39 is 0 Å². The van der Waals surface area contributed by atoms with Crippen LogP contribution in [0.15, 0.2) is 54.6 Å². The number of benzene rings is 2. The largest absolute Gasteiger partial charge is 0.465 e. The summed E-state index contributed by atoms with van der Waals surface area (Å²) in [6.45, 7) is 0. The predicted octanol–water partition coefficient (Wildman–Crippen LogP) is 2.72. The topological polar surface area (TPSA) is 36.3 Å². The van der Waals surface area contributed by atoms with Crippen LogP contribution in [0.2, 0.25) is 0 Å². The standard InChI is InChI=1S/C15H12N2O/c1-18-15-12-9-5-6-10-13(12)16-14(17-15)11-7-3-2-4-8-11/h2-10H,1H3/p+1. The second-order valence-electron chi connectivity index (χ2n) is 4.00. The maximum atomic E-state index is 5.39. The number of aromatic nitrogens is 2. The van der Waals surface area contributed by atoms with Crippen LogP contribution < -0.4 is 9.72 Å². The Morgan fingerprint density at radius 2 is 1.67 bits per heavy atom. The number of para-hydroxylation sites is 1. The van der Waals surface area contributed by atoms with E-state index in [1.807, 2.05) is 54.6 Å². The van der Waals surface area contributed by atoms with Gasteiger partial charge >= 0.3 is 5.82 Å². The van der Waals surface area contributed by atoms with Crippen molar-refractivity contribution in [3.8, 4) is 17.3 Å². The zero-order valence-electron chi connectivity index (χ0n) is 10.1. The molecule has 0 saturated carbocycles. The quantitative estimate of drug-likeness (QED) is 0.687. The first-order chi connectivity index (χ1) is 8.88. The van der Waals surface area contributed by atoms with Gasteiger partial charge in [-0.1, -0.05) is 30.3 Å². The second-order valence-corrected chi connectivity index (χ2v) is 4.00. The number of rotatable bonds is 2. The predicted molar refractivity (Wildman–Crippen MR) is 70.3 cm³/mol. The number of fused-ring (bicyclic) bond motifs is 1. The molecule has 3 rings (SSSR count). The third-order valence-corrected chi connectivity index (χ3v) is 2.86. The average Bonchev–Trinajstić information content (AvgIpc) is 2.47. The van der Waals surface area contributed by atoms with Crippen molar-refractivity contribution < 1.29 is 9.72 Å². The Morgan fingerprint density at radius 1 is 0.944 bits per heavy atom. The number of H-pyrrole nitrogens is 1. The number of hydrogen-bond acceptors (Lipinski definition) is 2. The van der Waals surface area contributed by atoms with Gasteiger partial charge in [0.25, 0.3) is 5.88 Å². The van der Waals surface area contributed by atoms with Crippen molar-refractivity contribution in [3.05, 3.63) is 54.6 Å². The normalized spacial score (nSPS) is 10.5. The first kappa shape index (κ1) is 10.7. The monoisotopic (exact) mass is 237 g/mol. The van der Waals surface area contributed by atoms with Crippen LogP contribution in [0, 0.1) is 0 Å². The smallest absolute Gasteiger partial charge is 0.331 e. The van der Waals surface area contributed by atoms with Crippen molar-refractivity contribution in [2.45, 2.75) is 0 Å². The Labute approximate surface area is 105 Å². The highest BCUT2D eigenvalue weighted by molar-refractivity contribution is 5.83. The lowest BCUT2D eigenvalue weighted by atomic mass is 10.2. The summed E-state index contributed by atoms with van der Waals surface area (Å²) in [5.41, 5.74) is 1.97. The van der Waals surface area contributed by atoms with Crippen molar-refractivity contribution in [1.29, 1.82) is 0 Å². The van der Waals surface area contributed by atoms with Crippen LogP contribution in [0.5, 0.6) is 5.88 Å². The van der Waals surface area contributed by atoms with Gasteiger partial charge in [0.2, 0.25) is 0 Å². The Balaban J connectivity index is 2.26. The van der Waals surface area contributed by atoms with Gasteiger partial charge in [-0.3, -0.25) is 0 Å². The summed E-state index contributed by atoms with van der Waals surface area (Å²) in [4.78, 5) is 7.84. The van der Waals surface area contributed by atoms with Crippen LogP contribution >= 0.6 is 0 Å². The highest BCUT2D eigenvalue weighted by Crippen LogP contribution is 2.22. The van der Waals surface area contributed by atoms with Gasteiger partial charge in [-0.15, -0.1) is 0 Å². The molecular weight excluding hydrogens is 224 g/mol. The van der Waals surface area contributed by atoms with Crippen LogP contribution in [-0.4, -0.2) is 12.1 Å². The Kier molecular flexibility index (Phi) is 2.65. The third-order valence-electron chi connectivity index (χ3n) is 2.86. The number of methoxy groups -OCH3 is 1. The summed E-state index contributed by atoms with van der Waals surface area (Å²) in [7, 11) is 1.66. The molecule has 88 valence electrons. The maximum Gasteiger partial charge on any atom is 0.331 e. The van der Waals surface area contributed by atoms with Crippen LogP contribution in [0.3, 0.4) is 0 Å². The molecule has 0 bridgehead atoms. The lowest BCUT2D eigenvalue weighted by Gasteiger charge is -2.01. The third kappa shape index (κ3) is 1.80. The van der Waals surface area contributed by atoms with Crippen molar-refractivity contribution >= 4 is 10.9 Å². The SMILES string of the molecule is COc1[nH+]c(-c2ccccc2)nc2ccccc12. The van der Waals surface area contributed by atoms with E-state index in [1.165, 1.54) is 0 Å². The minimum atomic E-state index is 0.736. The van der Waals surface area contributed by atoms with E-state index >= 15 is 0 Å². The molecule has 0 saturated heterocycles. The summed E-state index contributed by atoms with van der Waals surface area (Å²) >= 11 is 0. The van der Waals surface area contributed by atoms with E-state index in [-0.39, 0.29) is 0 Å². The van der Waals surface area contributed by atoms with E-state index in [1.54, 1.807) is 7.11 Å². The molecule has 0 radical (unpaired) electrons. The molecule has 1 aromatic heterocycles. The lowest BCUT2D eigenvalue weighted by Crippen LogP contribution is -2.13. The van der Waals surface area contributed by atoms with Crippen LogP contribution in [0.25, 0.3) is 22.3 Å². The Bertz CT molecular complexity index is 680. The molecule has 1 N–H and O–H groups in total. The van der Waals surface area contributed by atoms with Crippen molar-refractivity contribution in [3.63, 3.8) is 0 Å². The number of hydrogen-bond donors (Lipinski definition) is 0. The molecule has 0 amide bonds. The molecule has 3 aromatic rings. The van der Waals surface area contributed by atoms with Gasteiger partial charge in [-0.2, -0.15) is 0 Å². The minimum absolute atomic E-state index is 0.736. The van der Waals surface area contributed by atoms with E-state index in [0.717, 1.165) is 28.2 Å².